The fourth-order valence-corrected chi connectivity index (χ4v) is 1.78. The maximum Gasteiger partial charge on any atom is 0.322 e. The van der Waals surface area contributed by atoms with Gasteiger partial charge in [-0.2, -0.15) is 15.0 Å². The van der Waals surface area contributed by atoms with Crippen molar-refractivity contribution < 1.29 is 9.15 Å². The molecule has 0 saturated heterocycles. The van der Waals surface area contributed by atoms with Gasteiger partial charge in [0.1, 0.15) is 6.26 Å². The minimum absolute atomic E-state index is 0.289. The summed E-state index contributed by atoms with van der Waals surface area (Å²) in [5.74, 6) is 0.477. The predicted molar refractivity (Wildman–Crippen MR) is 65.8 cm³/mol. The Labute approximate surface area is 108 Å². The van der Waals surface area contributed by atoms with E-state index in [1.165, 1.54) is 18.0 Å². The molecule has 7 nitrogen and oxygen atoms in total. The summed E-state index contributed by atoms with van der Waals surface area (Å²) in [5, 5.41) is 3.98. The van der Waals surface area contributed by atoms with Crippen LogP contribution in [0, 0.1) is 0 Å². The van der Waals surface area contributed by atoms with Crippen molar-refractivity contribution >= 4 is 17.7 Å². The number of aromatic nitrogens is 4. The average molecular weight is 267 g/mol. The number of hydrogen-bond donors (Lipinski definition) is 1. The zero-order valence-electron chi connectivity index (χ0n) is 10.1. The molecule has 0 atom stereocenters. The zero-order chi connectivity index (χ0) is 12.8. The Morgan fingerprint density at radius 3 is 2.89 bits per heavy atom. The summed E-state index contributed by atoms with van der Waals surface area (Å²) in [6.45, 7) is 5.06. The van der Waals surface area contributed by atoms with E-state index < -0.39 is 0 Å². The van der Waals surface area contributed by atoms with E-state index in [1.54, 1.807) is 6.20 Å². The SMILES string of the molecule is CCNc1nc(OCC)nc(Sc2ncco2)n1. The highest BCUT2D eigenvalue weighted by Gasteiger charge is 2.10. The summed E-state index contributed by atoms with van der Waals surface area (Å²) in [5.41, 5.74) is 0. The van der Waals surface area contributed by atoms with Crippen LogP contribution in [0.4, 0.5) is 5.95 Å². The molecule has 0 aliphatic heterocycles. The van der Waals surface area contributed by atoms with Crippen LogP contribution in [-0.4, -0.2) is 33.1 Å². The number of hydrogen-bond acceptors (Lipinski definition) is 8. The van der Waals surface area contributed by atoms with Crippen LogP contribution in [0.1, 0.15) is 13.8 Å². The molecule has 2 heterocycles. The summed E-state index contributed by atoms with van der Waals surface area (Å²) in [6.07, 6.45) is 3.07. The van der Waals surface area contributed by atoms with Crippen LogP contribution in [0.25, 0.3) is 0 Å². The van der Waals surface area contributed by atoms with Gasteiger partial charge in [-0.05, 0) is 13.8 Å². The number of rotatable bonds is 6. The second-order valence-electron chi connectivity index (χ2n) is 3.09. The van der Waals surface area contributed by atoms with Crippen LogP contribution in [0.3, 0.4) is 0 Å². The maximum absolute atomic E-state index is 5.29. The standard InChI is InChI=1S/C10H13N5O2S/c1-3-11-7-13-8(16-4-2)15-9(14-7)18-10-12-5-6-17-10/h5-6H,3-4H2,1-2H3,(H,11,13,14,15). The molecule has 2 aromatic rings. The van der Waals surface area contributed by atoms with Crippen molar-refractivity contribution in [1.82, 2.24) is 19.9 Å². The highest BCUT2D eigenvalue weighted by Crippen LogP contribution is 2.24. The molecule has 96 valence electrons. The molecule has 0 spiro atoms. The molecular formula is C10H13N5O2S. The second-order valence-corrected chi connectivity index (χ2v) is 4.01. The largest absolute Gasteiger partial charge is 0.464 e. The molecule has 0 unspecified atom stereocenters. The van der Waals surface area contributed by atoms with Crippen molar-refractivity contribution in [2.24, 2.45) is 0 Å². The van der Waals surface area contributed by atoms with Gasteiger partial charge in [0, 0.05) is 18.3 Å². The lowest BCUT2D eigenvalue weighted by Crippen LogP contribution is -2.07. The predicted octanol–water partition coefficient (Wildman–Crippen LogP) is 1.84. The number of nitrogens with zero attached hydrogens (tertiary/aromatic N) is 4. The van der Waals surface area contributed by atoms with Gasteiger partial charge in [-0.15, -0.1) is 0 Å². The molecule has 2 rings (SSSR count). The Morgan fingerprint density at radius 1 is 1.33 bits per heavy atom. The van der Waals surface area contributed by atoms with Gasteiger partial charge in [0.25, 0.3) is 5.22 Å². The normalized spacial score (nSPS) is 10.3. The highest BCUT2D eigenvalue weighted by atomic mass is 32.2. The van der Waals surface area contributed by atoms with Crippen LogP contribution in [0.5, 0.6) is 6.01 Å². The van der Waals surface area contributed by atoms with Gasteiger partial charge in [0.2, 0.25) is 11.1 Å². The van der Waals surface area contributed by atoms with Crippen molar-refractivity contribution in [2.75, 3.05) is 18.5 Å². The third-order valence-corrected chi connectivity index (χ3v) is 2.53. The monoisotopic (exact) mass is 267 g/mol. The Balaban J connectivity index is 2.21. The summed E-state index contributed by atoms with van der Waals surface area (Å²) < 4.78 is 10.4. The summed E-state index contributed by atoms with van der Waals surface area (Å²) in [6, 6.07) is 0.289. The lowest BCUT2D eigenvalue weighted by molar-refractivity contribution is 0.308. The van der Waals surface area contributed by atoms with Gasteiger partial charge in [0.05, 0.1) is 12.8 Å². The molecular weight excluding hydrogens is 254 g/mol. The first kappa shape index (κ1) is 12.6. The van der Waals surface area contributed by atoms with E-state index >= 15 is 0 Å². The minimum Gasteiger partial charge on any atom is -0.464 e. The van der Waals surface area contributed by atoms with Crippen LogP contribution >= 0.6 is 11.8 Å². The minimum atomic E-state index is 0.289. The third-order valence-electron chi connectivity index (χ3n) is 1.79. The third kappa shape index (κ3) is 3.33. The van der Waals surface area contributed by atoms with Crippen molar-refractivity contribution in [3.05, 3.63) is 12.5 Å². The fraction of sp³-hybridized carbons (Fsp3) is 0.400. The molecule has 18 heavy (non-hydrogen) atoms. The van der Waals surface area contributed by atoms with E-state index in [1.807, 2.05) is 13.8 Å². The highest BCUT2D eigenvalue weighted by molar-refractivity contribution is 7.98. The van der Waals surface area contributed by atoms with Gasteiger partial charge in [-0.1, -0.05) is 0 Å². The Morgan fingerprint density at radius 2 is 2.22 bits per heavy atom. The number of oxazole rings is 1. The fourth-order valence-electron chi connectivity index (χ4n) is 1.15. The molecule has 0 aromatic carbocycles. The number of anilines is 1. The van der Waals surface area contributed by atoms with E-state index in [-0.39, 0.29) is 6.01 Å². The van der Waals surface area contributed by atoms with Crippen LogP contribution in [-0.2, 0) is 0 Å². The van der Waals surface area contributed by atoms with Crippen molar-refractivity contribution in [1.29, 1.82) is 0 Å². The lowest BCUT2D eigenvalue weighted by Gasteiger charge is -2.06. The first-order valence-electron chi connectivity index (χ1n) is 5.52. The number of nitrogens with one attached hydrogen (secondary N) is 1. The van der Waals surface area contributed by atoms with Gasteiger partial charge in [0.15, 0.2) is 0 Å². The van der Waals surface area contributed by atoms with Crippen LogP contribution in [0.2, 0.25) is 0 Å². The summed E-state index contributed by atoms with van der Waals surface area (Å²) in [4.78, 5) is 16.5. The van der Waals surface area contributed by atoms with Gasteiger partial charge < -0.3 is 14.5 Å². The van der Waals surface area contributed by atoms with E-state index in [9.17, 15) is 0 Å². The quantitative estimate of drug-likeness (QED) is 0.848. The second kappa shape index (κ2) is 6.20. The van der Waals surface area contributed by atoms with Gasteiger partial charge in [-0.3, -0.25) is 0 Å². The topological polar surface area (TPSA) is 86.0 Å². The molecule has 0 radical (unpaired) electrons. The molecule has 0 amide bonds. The van der Waals surface area contributed by atoms with E-state index in [0.717, 1.165) is 6.54 Å². The van der Waals surface area contributed by atoms with E-state index in [4.69, 9.17) is 9.15 Å². The maximum atomic E-state index is 5.29. The molecule has 8 heteroatoms. The Bertz CT molecular complexity index is 467. The zero-order valence-corrected chi connectivity index (χ0v) is 10.9. The van der Waals surface area contributed by atoms with Gasteiger partial charge in [-0.25, -0.2) is 4.98 Å². The number of ether oxygens (including phenoxy) is 1. The van der Waals surface area contributed by atoms with Crippen LogP contribution < -0.4 is 10.1 Å². The molecule has 0 aliphatic rings. The van der Waals surface area contributed by atoms with Crippen molar-refractivity contribution in [2.45, 2.75) is 24.2 Å². The molecule has 0 aliphatic carbocycles. The van der Waals surface area contributed by atoms with Crippen molar-refractivity contribution in [3.8, 4) is 6.01 Å². The summed E-state index contributed by atoms with van der Waals surface area (Å²) in [7, 11) is 0. The molecule has 0 fully saturated rings. The smallest absolute Gasteiger partial charge is 0.322 e. The Hall–Kier alpha value is -1.83. The van der Waals surface area contributed by atoms with E-state index in [2.05, 4.69) is 25.3 Å². The van der Waals surface area contributed by atoms with E-state index in [0.29, 0.717) is 22.9 Å². The molecule has 0 bridgehead atoms. The first-order valence-corrected chi connectivity index (χ1v) is 6.33. The Kier molecular flexibility index (Phi) is 4.35. The lowest BCUT2D eigenvalue weighted by atomic mass is 10.7. The van der Waals surface area contributed by atoms with Gasteiger partial charge >= 0.3 is 6.01 Å². The molecule has 1 N–H and O–H groups in total. The van der Waals surface area contributed by atoms with Crippen molar-refractivity contribution in [3.63, 3.8) is 0 Å². The van der Waals surface area contributed by atoms with Crippen LogP contribution in [0.15, 0.2) is 27.3 Å². The summed E-state index contributed by atoms with van der Waals surface area (Å²) >= 11 is 1.21. The average Bonchev–Trinajstić information content (AvgIpc) is 2.82. The first-order chi connectivity index (χ1) is 8.81. The molecule has 2 aromatic heterocycles. The molecule has 0 saturated carbocycles.